The third-order valence-corrected chi connectivity index (χ3v) is 4.68. The standard InChI is InChI=1S/C19H16ClN3O4S/c1-26-18(25)13-3-2-4-15(10-13)21-16(24)11-28-19-23-22-17(27-19)9-12-5-7-14(20)8-6-12/h2-8,10H,9,11H2,1H3,(H,21,24). The molecule has 0 saturated heterocycles. The van der Waals surface area contributed by atoms with Crippen LogP contribution in [0.3, 0.4) is 0 Å². The van der Waals surface area contributed by atoms with Crippen molar-refractivity contribution in [3.8, 4) is 0 Å². The predicted molar refractivity (Wildman–Crippen MR) is 106 cm³/mol. The Kier molecular flexibility index (Phi) is 6.67. The molecule has 7 nitrogen and oxygen atoms in total. The lowest BCUT2D eigenvalue weighted by atomic mass is 10.1. The van der Waals surface area contributed by atoms with Crippen LogP contribution in [0.15, 0.2) is 58.2 Å². The highest BCUT2D eigenvalue weighted by Crippen LogP contribution is 2.19. The highest BCUT2D eigenvalue weighted by molar-refractivity contribution is 7.99. The fraction of sp³-hybridized carbons (Fsp3) is 0.158. The molecule has 0 aliphatic heterocycles. The summed E-state index contributed by atoms with van der Waals surface area (Å²) in [5, 5.41) is 11.6. The number of anilines is 1. The van der Waals surface area contributed by atoms with Crippen molar-refractivity contribution in [1.82, 2.24) is 10.2 Å². The molecule has 1 amide bonds. The minimum atomic E-state index is -0.468. The number of carbonyl (C=O) groups excluding carboxylic acids is 2. The van der Waals surface area contributed by atoms with E-state index >= 15 is 0 Å². The maximum atomic E-state index is 12.1. The fourth-order valence-electron chi connectivity index (χ4n) is 2.31. The fourth-order valence-corrected chi connectivity index (χ4v) is 3.02. The van der Waals surface area contributed by atoms with Crippen LogP contribution in [0.4, 0.5) is 5.69 Å². The zero-order valence-corrected chi connectivity index (χ0v) is 16.4. The van der Waals surface area contributed by atoms with E-state index in [2.05, 4.69) is 20.3 Å². The van der Waals surface area contributed by atoms with Crippen molar-refractivity contribution in [3.05, 3.63) is 70.6 Å². The molecule has 1 heterocycles. The molecule has 3 aromatic rings. The van der Waals surface area contributed by atoms with Crippen molar-refractivity contribution in [2.45, 2.75) is 11.6 Å². The first-order chi connectivity index (χ1) is 13.5. The largest absolute Gasteiger partial charge is 0.465 e. The number of benzene rings is 2. The summed E-state index contributed by atoms with van der Waals surface area (Å²) in [5.74, 6) is -0.185. The predicted octanol–water partition coefficient (Wildman–Crippen LogP) is 3.83. The number of rotatable bonds is 7. The molecule has 0 unspecified atom stereocenters. The van der Waals surface area contributed by atoms with Crippen molar-refractivity contribution in [2.75, 3.05) is 18.2 Å². The summed E-state index contributed by atoms with van der Waals surface area (Å²) in [7, 11) is 1.30. The highest BCUT2D eigenvalue weighted by Gasteiger charge is 2.12. The number of aromatic nitrogens is 2. The van der Waals surface area contributed by atoms with Crippen LogP contribution in [0.1, 0.15) is 21.8 Å². The molecule has 0 fully saturated rings. The number of nitrogens with one attached hydrogen (secondary N) is 1. The van der Waals surface area contributed by atoms with Gasteiger partial charge in [0.2, 0.25) is 11.8 Å². The van der Waals surface area contributed by atoms with Crippen molar-refractivity contribution in [2.24, 2.45) is 0 Å². The van der Waals surface area contributed by atoms with Crippen molar-refractivity contribution in [1.29, 1.82) is 0 Å². The summed E-state index contributed by atoms with van der Waals surface area (Å²) in [6, 6.07) is 13.9. The number of thioether (sulfide) groups is 1. The molecule has 0 saturated carbocycles. The number of nitrogens with zero attached hydrogens (tertiary/aromatic N) is 2. The van der Waals surface area contributed by atoms with Crippen molar-refractivity contribution >= 4 is 40.9 Å². The normalized spacial score (nSPS) is 10.5. The summed E-state index contributed by atoms with van der Waals surface area (Å²) in [6.45, 7) is 0. The highest BCUT2D eigenvalue weighted by atomic mass is 35.5. The van der Waals surface area contributed by atoms with Crippen LogP contribution < -0.4 is 5.32 Å². The first-order valence-electron chi connectivity index (χ1n) is 8.21. The van der Waals surface area contributed by atoms with Gasteiger partial charge in [0.1, 0.15) is 0 Å². The quantitative estimate of drug-likeness (QED) is 0.461. The molecule has 3 rings (SSSR count). The number of carbonyl (C=O) groups is 2. The molecule has 0 atom stereocenters. The van der Waals surface area contributed by atoms with E-state index in [0.717, 1.165) is 17.3 Å². The van der Waals surface area contributed by atoms with Gasteiger partial charge in [-0.25, -0.2) is 4.79 Å². The van der Waals surface area contributed by atoms with Crippen LogP contribution in [-0.4, -0.2) is 34.9 Å². The number of hydrogen-bond acceptors (Lipinski definition) is 7. The second kappa shape index (κ2) is 9.38. The Labute approximate surface area is 170 Å². The molecule has 144 valence electrons. The Morgan fingerprint density at radius 3 is 2.71 bits per heavy atom. The van der Waals surface area contributed by atoms with Crippen LogP contribution in [0.25, 0.3) is 0 Å². The Bertz CT molecular complexity index is 975. The van der Waals surface area contributed by atoms with Gasteiger partial charge in [0.25, 0.3) is 5.22 Å². The first-order valence-corrected chi connectivity index (χ1v) is 9.57. The van der Waals surface area contributed by atoms with Gasteiger partial charge < -0.3 is 14.5 Å². The van der Waals surface area contributed by atoms with Gasteiger partial charge in [0.05, 0.1) is 24.8 Å². The summed E-state index contributed by atoms with van der Waals surface area (Å²) >= 11 is 7.00. The monoisotopic (exact) mass is 417 g/mol. The lowest BCUT2D eigenvalue weighted by Gasteiger charge is -2.05. The molecule has 0 aliphatic rings. The van der Waals surface area contributed by atoms with Gasteiger partial charge in [-0.05, 0) is 35.9 Å². The lowest BCUT2D eigenvalue weighted by molar-refractivity contribution is -0.113. The number of hydrogen-bond donors (Lipinski definition) is 1. The summed E-state index contributed by atoms with van der Waals surface area (Å²) < 4.78 is 10.2. The molecule has 0 radical (unpaired) electrons. The molecular formula is C19H16ClN3O4S. The molecule has 1 aromatic heterocycles. The number of amides is 1. The lowest BCUT2D eigenvalue weighted by Crippen LogP contribution is -2.14. The SMILES string of the molecule is COC(=O)c1cccc(NC(=O)CSc2nnc(Cc3ccc(Cl)cc3)o2)c1. The summed E-state index contributed by atoms with van der Waals surface area (Å²) in [4.78, 5) is 23.7. The number of halogens is 1. The van der Waals surface area contributed by atoms with E-state index in [9.17, 15) is 9.59 Å². The molecular weight excluding hydrogens is 402 g/mol. The van der Waals surface area contributed by atoms with Crippen molar-refractivity contribution in [3.63, 3.8) is 0 Å². The van der Waals surface area contributed by atoms with E-state index in [1.165, 1.54) is 7.11 Å². The third kappa shape index (κ3) is 5.58. The maximum Gasteiger partial charge on any atom is 0.337 e. The maximum absolute atomic E-state index is 12.1. The minimum absolute atomic E-state index is 0.0883. The first kappa shape index (κ1) is 19.9. The Hall–Kier alpha value is -2.84. The Morgan fingerprint density at radius 1 is 1.18 bits per heavy atom. The van der Waals surface area contributed by atoms with Crippen LogP contribution in [0.5, 0.6) is 0 Å². The zero-order chi connectivity index (χ0) is 19.9. The number of esters is 1. The molecule has 28 heavy (non-hydrogen) atoms. The number of methoxy groups -OCH3 is 1. The van der Waals surface area contributed by atoms with E-state index in [0.29, 0.717) is 33.8 Å². The van der Waals surface area contributed by atoms with Crippen molar-refractivity contribution < 1.29 is 18.7 Å². The topological polar surface area (TPSA) is 94.3 Å². The van der Waals surface area contributed by atoms with Gasteiger partial charge >= 0.3 is 5.97 Å². The molecule has 0 aliphatic carbocycles. The third-order valence-electron chi connectivity index (χ3n) is 3.61. The van der Waals surface area contributed by atoms with E-state index in [1.807, 2.05) is 12.1 Å². The van der Waals surface area contributed by atoms with Crippen LogP contribution in [0.2, 0.25) is 5.02 Å². The summed E-state index contributed by atoms with van der Waals surface area (Å²) in [6.07, 6.45) is 0.483. The van der Waals surface area contributed by atoms with Crippen LogP contribution in [-0.2, 0) is 16.0 Å². The van der Waals surface area contributed by atoms with Gasteiger partial charge in [-0.1, -0.05) is 41.6 Å². The zero-order valence-electron chi connectivity index (χ0n) is 14.8. The Balaban J connectivity index is 1.52. The second-order valence-corrected chi connectivity index (χ2v) is 7.04. The minimum Gasteiger partial charge on any atom is -0.465 e. The second-order valence-electron chi connectivity index (χ2n) is 5.67. The van der Waals surface area contributed by atoms with Gasteiger partial charge in [0, 0.05) is 10.7 Å². The van der Waals surface area contributed by atoms with E-state index in [-0.39, 0.29) is 11.7 Å². The smallest absolute Gasteiger partial charge is 0.337 e. The molecule has 1 N–H and O–H groups in total. The molecule has 0 bridgehead atoms. The average Bonchev–Trinajstić information content (AvgIpc) is 3.15. The van der Waals surface area contributed by atoms with Gasteiger partial charge in [-0.2, -0.15) is 0 Å². The van der Waals surface area contributed by atoms with Crippen LogP contribution >= 0.6 is 23.4 Å². The number of ether oxygens (including phenoxy) is 1. The molecule has 9 heteroatoms. The summed E-state index contributed by atoms with van der Waals surface area (Å²) in [5.41, 5.74) is 1.85. The van der Waals surface area contributed by atoms with E-state index in [4.69, 9.17) is 16.0 Å². The van der Waals surface area contributed by atoms with E-state index in [1.54, 1.807) is 36.4 Å². The van der Waals surface area contributed by atoms with Crippen LogP contribution in [0, 0.1) is 0 Å². The van der Waals surface area contributed by atoms with Gasteiger partial charge in [0.15, 0.2) is 0 Å². The van der Waals surface area contributed by atoms with E-state index < -0.39 is 5.97 Å². The van der Waals surface area contributed by atoms with Gasteiger partial charge in [-0.3, -0.25) is 4.79 Å². The van der Waals surface area contributed by atoms with Gasteiger partial charge in [-0.15, -0.1) is 10.2 Å². The Morgan fingerprint density at radius 2 is 1.96 bits per heavy atom. The average molecular weight is 418 g/mol. The molecule has 2 aromatic carbocycles. The molecule has 0 spiro atoms.